The van der Waals surface area contributed by atoms with Gasteiger partial charge in [-0.25, -0.2) is 8.42 Å². The molecule has 3 rings (SSSR count). The van der Waals surface area contributed by atoms with E-state index in [2.05, 4.69) is 5.32 Å². The maximum atomic E-state index is 14.0. The topological polar surface area (TPSA) is 105 Å². The molecule has 0 aromatic heterocycles. The van der Waals surface area contributed by atoms with Crippen LogP contribution in [0.15, 0.2) is 71.6 Å². The number of carbonyl (C=O) groups excluding carboxylic acids is 2. The van der Waals surface area contributed by atoms with E-state index >= 15 is 0 Å². The number of rotatable bonds is 12. The summed E-state index contributed by atoms with van der Waals surface area (Å²) < 4.78 is 39.6. The van der Waals surface area contributed by atoms with Crippen molar-refractivity contribution in [2.45, 2.75) is 44.3 Å². The molecule has 0 unspecified atom stereocenters. The number of nitrogens with zero attached hydrogens (tertiary/aromatic N) is 2. The number of hydrogen-bond donors (Lipinski definition) is 1. The van der Waals surface area contributed by atoms with Crippen LogP contribution in [-0.2, 0) is 26.2 Å². The number of hydrogen-bond acceptors (Lipinski definition) is 6. The number of amides is 2. The Labute approximate surface area is 251 Å². The summed E-state index contributed by atoms with van der Waals surface area (Å²) in [6, 6.07) is 16.1. The van der Waals surface area contributed by atoms with Crippen LogP contribution in [0.3, 0.4) is 0 Å². The third-order valence-electron chi connectivity index (χ3n) is 6.22. The molecule has 0 bridgehead atoms. The highest BCUT2D eigenvalue weighted by Gasteiger charge is 2.34. The Balaban J connectivity index is 2.08. The molecule has 220 valence electrons. The SMILES string of the molecule is COc1ccc(S(=O)(=O)N(CC(=O)N(Cc2ccc(Cl)c(Cl)c2)[C@@H](C)C(=O)NC(C)C)c2ccccc2OC)cc1. The molecule has 0 saturated heterocycles. The molecular formula is C29H33Cl2N3O6S. The molecule has 0 aliphatic rings. The lowest BCUT2D eigenvalue weighted by Crippen LogP contribution is -2.52. The fourth-order valence-electron chi connectivity index (χ4n) is 4.05. The molecule has 9 nitrogen and oxygen atoms in total. The van der Waals surface area contributed by atoms with Crippen LogP contribution in [0.25, 0.3) is 0 Å². The van der Waals surface area contributed by atoms with Gasteiger partial charge in [-0.1, -0.05) is 41.4 Å². The minimum atomic E-state index is -4.28. The monoisotopic (exact) mass is 621 g/mol. The molecule has 2 amide bonds. The molecule has 12 heteroatoms. The summed E-state index contributed by atoms with van der Waals surface area (Å²) in [5.74, 6) is -0.290. The van der Waals surface area contributed by atoms with Crippen molar-refractivity contribution in [3.8, 4) is 11.5 Å². The second-order valence-electron chi connectivity index (χ2n) is 9.47. The molecule has 0 spiro atoms. The van der Waals surface area contributed by atoms with Crippen LogP contribution in [0.2, 0.25) is 10.0 Å². The quantitative estimate of drug-likeness (QED) is 0.300. The maximum Gasteiger partial charge on any atom is 0.264 e. The first-order valence-electron chi connectivity index (χ1n) is 12.7. The van der Waals surface area contributed by atoms with E-state index in [0.717, 1.165) is 4.31 Å². The minimum absolute atomic E-state index is 0.0231. The average Bonchev–Trinajstić information content (AvgIpc) is 2.95. The molecule has 1 N–H and O–H groups in total. The van der Waals surface area contributed by atoms with Crippen molar-refractivity contribution in [1.29, 1.82) is 0 Å². The first kappa shape index (κ1) is 32.0. The van der Waals surface area contributed by atoms with Gasteiger partial charge >= 0.3 is 0 Å². The summed E-state index contributed by atoms with van der Waals surface area (Å²) in [5.41, 5.74) is 0.770. The Hall–Kier alpha value is -3.47. The van der Waals surface area contributed by atoms with Crippen molar-refractivity contribution < 1.29 is 27.5 Å². The number of sulfonamides is 1. The van der Waals surface area contributed by atoms with Crippen LogP contribution >= 0.6 is 23.2 Å². The highest BCUT2D eigenvalue weighted by molar-refractivity contribution is 7.92. The van der Waals surface area contributed by atoms with Crippen LogP contribution in [0.5, 0.6) is 11.5 Å². The molecule has 0 fully saturated rings. The summed E-state index contributed by atoms with van der Waals surface area (Å²) in [6.07, 6.45) is 0. The Kier molecular flexibility index (Phi) is 10.9. The van der Waals surface area contributed by atoms with E-state index in [0.29, 0.717) is 16.3 Å². The molecule has 0 saturated carbocycles. The van der Waals surface area contributed by atoms with E-state index in [9.17, 15) is 18.0 Å². The molecule has 41 heavy (non-hydrogen) atoms. The van der Waals surface area contributed by atoms with Gasteiger partial charge in [-0.2, -0.15) is 0 Å². The van der Waals surface area contributed by atoms with E-state index in [-0.39, 0.29) is 33.9 Å². The van der Waals surface area contributed by atoms with Gasteiger partial charge in [-0.15, -0.1) is 0 Å². The Morgan fingerprint density at radius 3 is 2.15 bits per heavy atom. The zero-order valence-corrected chi connectivity index (χ0v) is 25.8. The van der Waals surface area contributed by atoms with Gasteiger partial charge in [0.05, 0.1) is 34.8 Å². The van der Waals surface area contributed by atoms with Gasteiger partial charge in [-0.05, 0) is 74.9 Å². The third kappa shape index (κ3) is 7.84. The number of methoxy groups -OCH3 is 2. The summed E-state index contributed by atoms with van der Waals surface area (Å²) in [6.45, 7) is 4.56. The number of benzene rings is 3. The van der Waals surface area contributed by atoms with E-state index in [1.807, 2.05) is 0 Å². The number of carbonyl (C=O) groups is 2. The minimum Gasteiger partial charge on any atom is -0.497 e. The molecular weight excluding hydrogens is 589 g/mol. The maximum absolute atomic E-state index is 14.0. The lowest BCUT2D eigenvalue weighted by molar-refractivity contribution is -0.139. The Morgan fingerprint density at radius 2 is 1.56 bits per heavy atom. The second kappa shape index (κ2) is 13.9. The average molecular weight is 623 g/mol. The van der Waals surface area contributed by atoms with E-state index in [1.165, 1.54) is 43.4 Å². The summed E-state index contributed by atoms with van der Waals surface area (Å²) in [7, 11) is -1.39. The van der Waals surface area contributed by atoms with Crippen molar-refractivity contribution in [2.75, 3.05) is 25.1 Å². The first-order chi connectivity index (χ1) is 19.4. The van der Waals surface area contributed by atoms with Gasteiger partial charge in [0, 0.05) is 12.6 Å². The molecule has 3 aromatic rings. The fourth-order valence-corrected chi connectivity index (χ4v) is 5.79. The van der Waals surface area contributed by atoms with Crippen molar-refractivity contribution in [1.82, 2.24) is 10.2 Å². The second-order valence-corrected chi connectivity index (χ2v) is 12.1. The van der Waals surface area contributed by atoms with Gasteiger partial charge in [0.2, 0.25) is 11.8 Å². The van der Waals surface area contributed by atoms with E-state index < -0.39 is 34.4 Å². The van der Waals surface area contributed by atoms with Gasteiger partial charge < -0.3 is 19.7 Å². The fraction of sp³-hybridized carbons (Fsp3) is 0.310. The molecule has 0 aliphatic carbocycles. The van der Waals surface area contributed by atoms with Crippen molar-refractivity contribution >= 4 is 50.7 Å². The number of para-hydroxylation sites is 2. The van der Waals surface area contributed by atoms with E-state index in [1.54, 1.807) is 63.2 Å². The highest BCUT2D eigenvalue weighted by atomic mass is 35.5. The molecule has 3 aromatic carbocycles. The van der Waals surface area contributed by atoms with E-state index in [4.69, 9.17) is 32.7 Å². The highest BCUT2D eigenvalue weighted by Crippen LogP contribution is 2.33. The largest absolute Gasteiger partial charge is 0.497 e. The summed E-state index contributed by atoms with van der Waals surface area (Å²) in [5, 5.41) is 3.44. The van der Waals surface area contributed by atoms with Gasteiger partial charge in [-0.3, -0.25) is 13.9 Å². The first-order valence-corrected chi connectivity index (χ1v) is 14.9. The van der Waals surface area contributed by atoms with Crippen LogP contribution < -0.4 is 19.1 Å². The standard InChI is InChI=1S/C29H33Cl2N3O6S/c1-19(2)32-29(36)20(3)33(17-21-10-15-24(30)25(31)16-21)28(35)18-34(26-8-6-7-9-27(26)40-5)41(37,38)23-13-11-22(39-4)12-14-23/h6-16,19-20H,17-18H2,1-5H3,(H,32,36)/t20-/m0/s1. The third-order valence-corrected chi connectivity index (χ3v) is 8.73. The van der Waals surface area contributed by atoms with Crippen molar-refractivity contribution in [3.05, 3.63) is 82.3 Å². The Bertz CT molecular complexity index is 1480. The van der Waals surface area contributed by atoms with Crippen LogP contribution in [0.1, 0.15) is 26.3 Å². The van der Waals surface area contributed by atoms with Crippen LogP contribution in [0, 0.1) is 0 Å². The predicted molar refractivity (Wildman–Crippen MR) is 160 cm³/mol. The molecule has 0 radical (unpaired) electrons. The number of nitrogens with one attached hydrogen (secondary N) is 1. The molecule has 1 atom stereocenters. The van der Waals surface area contributed by atoms with Gasteiger partial charge in [0.15, 0.2) is 0 Å². The van der Waals surface area contributed by atoms with Crippen molar-refractivity contribution in [3.63, 3.8) is 0 Å². The number of halogens is 2. The zero-order valence-electron chi connectivity index (χ0n) is 23.4. The lowest BCUT2D eigenvalue weighted by atomic mass is 10.1. The molecule has 0 aliphatic heterocycles. The van der Waals surface area contributed by atoms with Crippen molar-refractivity contribution in [2.24, 2.45) is 0 Å². The molecule has 0 heterocycles. The predicted octanol–water partition coefficient (Wildman–Crippen LogP) is 5.15. The zero-order chi connectivity index (χ0) is 30.3. The number of ether oxygens (including phenoxy) is 2. The normalized spacial score (nSPS) is 12.0. The van der Waals surface area contributed by atoms with Gasteiger partial charge in [0.25, 0.3) is 10.0 Å². The Morgan fingerprint density at radius 1 is 0.902 bits per heavy atom. The summed E-state index contributed by atoms with van der Waals surface area (Å²) >= 11 is 12.3. The van der Waals surface area contributed by atoms with Gasteiger partial charge in [0.1, 0.15) is 24.1 Å². The van der Waals surface area contributed by atoms with Crippen LogP contribution in [0.4, 0.5) is 5.69 Å². The number of anilines is 1. The smallest absolute Gasteiger partial charge is 0.264 e. The lowest BCUT2D eigenvalue weighted by Gasteiger charge is -2.32. The summed E-state index contributed by atoms with van der Waals surface area (Å²) in [4.78, 5) is 28.3. The van der Waals surface area contributed by atoms with Crippen LogP contribution in [-0.4, -0.2) is 58.0 Å².